The number of benzene rings is 2. The van der Waals surface area contributed by atoms with Gasteiger partial charge in [-0.3, -0.25) is 0 Å². The molecule has 0 aliphatic heterocycles. The van der Waals surface area contributed by atoms with Crippen LogP contribution in [0.2, 0.25) is 0 Å². The first-order valence-corrected chi connectivity index (χ1v) is 8.10. The summed E-state index contributed by atoms with van der Waals surface area (Å²) in [4.78, 5) is 20.5. The number of hydrogen-bond donors (Lipinski definition) is 1. The van der Waals surface area contributed by atoms with Crippen molar-refractivity contribution in [2.75, 3.05) is 11.9 Å². The maximum atomic E-state index is 11.7. The van der Waals surface area contributed by atoms with Crippen LogP contribution in [-0.4, -0.2) is 22.5 Å². The van der Waals surface area contributed by atoms with Crippen LogP contribution in [-0.2, 0) is 4.74 Å². The van der Waals surface area contributed by atoms with E-state index in [0.29, 0.717) is 18.1 Å². The van der Waals surface area contributed by atoms with Gasteiger partial charge in [-0.2, -0.15) is 0 Å². The van der Waals surface area contributed by atoms with Gasteiger partial charge >= 0.3 is 5.97 Å². The smallest absolute Gasteiger partial charge is 0.338 e. The van der Waals surface area contributed by atoms with Gasteiger partial charge in [0.1, 0.15) is 0 Å². The van der Waals surface area contributed by atoms with Crippen LogP contribution in [0.15, 0.2) is 60.8 Å². The zero-order valence-electron chi connectivity index (χ0n) is 14.2. The molecule has 0 fully saturated rings. The SMILES string of the molecule is CCOC(=O)c1ccc(-c2ccnc(Nc3ccc(C)cc3)n2)cc1. The van der Waals surface area contributed by atoms with Gasteiger partial charge in [0.2, 0.25) is 5.95 Å². The average molecular weight is 333 g/mol. The van der Waals surface area contributed by atoms with E-state index in [-0.39, 0.29) is 5.97 Å². The summed E-state index contributed by atoms with van der Waals surface area (Å²) in [6.45, 7) is 4.19. The lowest BCUT2D eigenvalue weighted by Gasteiger charge is -2.07. The van der Waals surface area contributed by atoms with Crippen molar-refractivity contribution in [3.05, 3.63) is 71.9 Å². The Morgan fingerprint density at radius 1 is 1.04 bits per heavy atom. The molecule has 0 bridgehead atoms. The van der Waals surface area contributed by atoms with Gasteiger partial charge in [0.15, 0.2) is 0 Å². The van der Waals surface area contributed by atoms with Crippen molar-refractivity contribution in [3.63, 3.8) is 0 Å². The van der Waals surface area contributed by atoms with Crippen LogP contribution in [0.25, 0.3) is 11.3 Å². The first-order valence-electron chi connectivity index (χ1n) is 8.10. The molecule has 1 heterocycles. The summed E-state index contributed by atoms with van der Waals surface area (Å²) < 4.78 is 4.99. The molecule has 0 radical (unpaired) electrons. The van der Waals surface area contributed by atoms with Gasteiger partial charge < -0.3 is 10.1 Å². The van der Waals surface area contributed by atoms with E-state index in [1.165, 1.54) is 5.56 Å². The molecule has 5 heteroatoms. The number of nitrogens with one attached hydrogen (secondary N) is 1. The number of ether oxygens (including phenoxy) is 1. The number of carbonyl (C=O) groups excluding carboxylic acids is 1. The van der Waals surface area contributed by atoms with Crippen molar-refractivity contribution < 1.29 is 9.53 Å². The summed E-state index contributed by atoms with van der Waals surface area (Å²) in [5.41, 5.74) is 4.34. The first-order chi connectivity index (χ1) is 12.2. The van der Waals surface area contributed by atoms with E-state index in [2.05, 4.69) is 15.3 Å². The summed E-state index contributed by atoms with van der Waals surface area (Å²) in [5.74, 6) is 0.203. The van der Waals surface area contributed by atoms with Crippen LogP contribution >= 0.6 is 0 Å². The molecule has 0 aliphatic carbocycles. The van der Waals surface area contributed by atoms with Gasteiger partial charge in [0, 0.05) is 17.4 Å². The highest BCUT2D eigenvalue weighted by molar-refractivity contribution is 5.90. The molecule has 0 amide bonds. The zero-order chi connectivity index (χ0) is 17.6. The monoisotopic (exact) mass is 333 g/mol. The van der Waals surface area contributed by atoms with E-state index in [1.54, 1.807) is 25.3 Å². The van der Waals surface area contributed by atoms with Crippen molar-refractivity contribution >= 4 is 17.6 Å². The normalized spacial score (nSPS) is 10.3. The highest BCUT2D eigenvalue weighted by atomic mass is 16.5. The lowest BCUT2D eigenvalue weighted by atomic mass is 10.1. The quantitative estimate of drug-likeness (QED) is 0.702. The Hall–Kier alpha value is -3.21. The highest BCUT2D eigenvalue weighted by Gasteiger charge is 2.08. The average Bonchev–Trinajstić information content (AvgIpc) is 2.64. The largest absolute Gasteiger partial charge is 0.462 e. The number of aryl methyl sites for hydroxylation is 1. The molecule has 3 rings (SSSR count). The number of esters is 1. The van der Waals surface area contributed by atoms with E-state index < -0.39 is 0 Å². The maximum absolute atomic E-state index is 11.7. The number of carbonyl (C=O) groups is 1. The predicted octanol–water partition coefficient (Wildman–Crippen LogP) is 4.37. The Bertz CT molecular complexity index is 859. The lowest BCUT2D eigenvalue weighted by Crippen LogP contribution is -2.04. The van der Waals surface area contributed by atoms with E-state index in [9.17, 15) is 4.79 Å². The van der Waals surface area contributed by atoms with Crippen molar-refractivity contribution in [3.8, 4) is 11.3 Å². The Morgan fingerprint density at radius 3 is 2.44 bits per heavy atom. The molecule has 0 atom stereocenters. The van der Waals surface area contributed by atoms with Crippen molar-refractivity contribution in [2.45, 2.75) is 13.8 Å². The molecular weight excluding hydrogens is 314 g/mol. The highest BCUT2D eigenvalue weighted by Crippen LogP contribution is 2.20. The Labute approximate surface area is 146 Å². The van der Waals surface area contributed by atoms with Crippen LogP contribution < -0.4 is 5.32 Å². The minimum Gasteiger partial charge on any atom is -0.462 e. The number of hydrogen-bond acceptors (Lipinski definition) is 5. The molecule has 5 nitrogen and oxygen atoms in total. The van der Waals surface area contributed by atoms with Crippen LogP contribution in [0.4, 0.5) is 11.6 Å². The van der Waals surface area contributed by atoms with Crippen molar-refractivity contribution in [1.82, 2.24) is 9.97 Å². The summed E-state index contributed by atoms with van der Waals surface area (Å²) in [6, 6.07) is 17.0. The molecule has 0 saturated heterocycles. The van der Waals surface area contributed by atoms with Crippen LogP contribution in [0.3, 0.4) is 0 Å². The molecule has 25 heavy (non-hydrogen) atoms. The van der Waals surface area contributed by atoms with Gasteiger partial charge in [0.25, 0.3) is 0 Å². The fourth-order valence-corrected chi connectivity index (χ4v) is 2.34. The summed E-state index contributed by atoms with van der Waals surface area (Å²) in [5, 5.41) is 3.19. The van der Waals surface area contributed by atoms with Gasteiger partial charge in [-0.15, -0.1) is 0 Å². The second-order valence-electron chi connectivity index (χ2n) is 5.55. The second-order valence-corrected chi connectivity index (χ2v) is 5.55. The molecule has 3 aromatic rings. The van der Waals surface area contributed by atoms with Gasteiger partial charge in [0.05, 0.1) is 17.9 Å². The van der Waals surface area contributed by atoms with Crippen molar-refractivity contribution in [2.24, 2.45) is 0 Å². The van der Waals surface area contributed by atoms with Crippen LogP contribution in [0.1, 0.15) is 22.8 Å². The fraction of sp³-hybridized carbons (Fsp3) is 0.150. The molecule has 1 N–H and O–H groups in total. The standard InChI is InChI=1S/C20H19N3O2/c1-3-25-19(24)16-8-6-15(7-9-16)18-12-13-21-20(23-18)22-17-10-4-14(2)5-11-17/h4-13H,3H2,1-2H3,(H,21,22,23). The molecular formula is C20H19N3O2. The molecule has 0 spiro atoms. The van der Waals surface area contributed by atoms with E-state index in [1.807, 2.05) is 49.4 Å². The number of nitrogens with zero attached hydrogens (tertiary/aromatic N) is 2. The van der Waals surface area contributed by atoms with Crippen molar-refractivity contribution in [1.29, 1.82) is 0 Å². The Balaban J connectivity index is 1.79. The van der Waals surface area contributed by atoms with E-state index >= 15 is 0 Å². The fourth-order valence-electron chi connectivity index (χ4n) is 2.34. The summed E-state index contributed by atoms with van der Waals surface area (Å²) in [6.07, 6.45) is 1.71. The van der Waals surface area contributed by atoms with Gasteiger partial charge in [-0.25, -0.2) is 14.8 Å². The molecule has 0 aliphatic rings. The van der Waals surface area contributed by atoms with E-state index in [4.69, 9.17) is 4.74 Å². The maximum Gasteiger partial charge on any atom is 0.338 e. The molecule has 2 aromatic carbocycles. The molecule has 1 aromatic heterocycles. The van der Waals surface area contributed by atoms with Crippen LogP contribution in [0.5, 0.6) is 0 Å². The van der Waals surface area contributed by atoms with Crippen LogP contribution in [0, 0.1) is 6.92 Å². The topological polar surface area (TPSA) is 64.1 Å². The Morgan fingerprint density at radius 2 is 1.76 bits per heavy atom. The third-order valence-corrected chi connectivity index (χ3v) is 3.66. The lowest BCUT2D eigenvalue weighted by molar-refractivity contribution is 0.0526. The third-order valence-electron chi connectivity index (χ3n) is 3.66. The number of aromatic nitrogens is 2. The minimum absolute atomic E-state index is 0.321. The number of rotatable bonds is 5. The predicted molar refractivity (Wildman–Crippen MR) is 97.9 cm³/mol. The zero-order valence-corrected chi connectivity index (χ0v) is 14.2. The summed E-state index contributed by atoms with van der Waals surface area (Å²) in [7, 11) is 0. The molecule has 126 valence electrons. The number of anilines is 2. The third kappa shape index (κ3) is 4.20. The van der Waals surface area contributed by atoms with Gasteiger partial charge in [-0.1, -0.05) is 29.8 Å². The molecule has 0 unspecified atom stereocenters. The van der Waals surface area contributed by atoms with Gasteiger partial charge in [-0.05, 0) is 44.2 Å². The molecule has 0 saturated carbocycles. The Kier molecular flexibility index (Phi) is 5.04. The van der Waals surface area contributed by atoms with E-state index in [0.717, 1.165) is 16.9 Å². The minimum atomic E-state index is -0.321. The summed E-state index contributed by atoms with van der Waals surface area (Å²) >= 11 is 0. The second kappa shape index (κ2) is 7.57. The first kappa shape index (κ1) is 16.6.